The molecule has 3 unspecified atom stereocenters. The van der Waals surface area contributed by atoms with Crippen LogP contribution in [0.25, 0.3) is 10.8 Å². The molecule has 11 heteroatoms. The van der Waals surface area contributed by atoms with E-state index in [1.807, 2.05) is 52.1 Å². The van der Waals surface area contributed by atoms with Gasteiger partial charge < -0.3 is 36.3 Å². The number of carboxylic acid groups (broad SMARTS) is 1. The normalized spacial score (nSPS) is 16.2. The van der Waals surface area contributed by atoms with E-state index in [-0.39, 0.29) is 37.2 Å². The first kappa shape index (κ1) is 40.0. The number of carbonyl (C=O) groups excluding carboxylic acids is 4. The van der Waals surface area contributed by atoms with Gasteiger partial charge in [0, 0.05) is 31.0 Å². The van der Waals surface area contributed by atoms with Crippen molar-refractivity contribution in [3.05, 3.63) is 48.0 Å². The second kappa shape index (κ2) is 22.5. The van der Waals surface area contributed by atoms with E-state index in [1.54, 1.807) is 0 Å². The lowest BCUT2D eigenvalue weighted by atomic mass is 9.98. The third-order valence-electron chi connectivity index (χ3n) is 6.61. The molecular weight excluding hydrogens is 564 g/mol. The lowest BCUT2D eigenvalue weighted by molar-refractivity contribution is -0.123. The number of rotatable bonds is 8. The van der Waals surface area contributed by atoms with Crippen molar-refractivity contribution < 1.29 is 33.8 Å². The van der Waals surface area contributed by atoms with Crippen molar-refractivity contribution in [2.45, 2.75) is 90.8 Å². The maximum absolute atomic E-state index is 11.9. The summed E-state index contributed by atoms with van der Waals surface area (Å²) >= 11 is 0. The predicted molar refractivity (Wildman–Crippen MR) is 173 cm³/mol. The van der Waals surface area contributed by atoms with Gasteiger partial charge in [-0.3, -0.25) is 14.4 Å². The van der Waals surface area contributed by atoms with E-state index in [0.29, 0.717) is 12.5 Å². The average molecular weight is 617 g/mol. The minimum atomic E-state index is -0.560. The van der Waals surface area contributed by atoms with Crippen LogP contribution in [0.5, 0.6) is 0 Å². The van der Waals surface area contributed by atoms with Crippen molar-refractivity contribution >= 4 is 41.9 Å². The molecule has 1 saturated heterocycles. The molecule has 2 fully saturated rings. The van der Waals surface area contributed by atoms with Crippen LogP contribution in [0.2, 0.25) is 0 Å². The van der Waals surface area contributed by atoms with Gasteiger partial charge in [-0.2, -0.15) is 0 Å². The Morgan fingerprint density at radius 1 is 1.11 bits per heavy atom. The molecule has 6 N–H and O–H groups in total. The molecule has 2 aliphatic rings. The number of primary amides is 1. The number of nitrogens with two attached hydrogens (primary N) is 1. The van der Waals surface area contributed by atoms with Crippen molar-refractivity contribution in [2.24, 2.45) is 17.6 Å². The minimum Gasteiger partial charge on any atom is -0.483 e. The van der Waals surface area contributed by atoms with Crippen LogP contribution in [-0.4, -0.2) is 67.6 Å². The Bertz CT molecular complexity index is 1120. The lowest BCUT2D eigenvalue weighted by Gasteiger charge is -2.23. The first-order chi connectivity index (χ1) is 20.8. The van der Waals surface area contributed by atoms with E-state index in [1.165, 1.54) is 12.8 Å². The van der Waals surface area contributed by atoms with Gasteiger partial charge in [0.05, 0.1) is 0 Å². The quantitative estimate of drug-likeness (QED) is 0.274. The number of alkyl carbamates (subject to hydrolysis) is 1. The third kappa shape index (κ3) is 19.2. The van der Waals surface area contributed by atoms with E-state index >= 15 is 0 Å². The zero-order valence-electron chi connectivity index (χ0n) is 27.0. The summed E-state index contributed by atoms with van der Waals surface area (Å²) in [6.07, 6.45) is 6.35. The third-order valence-corrected chi connectivity index (χ3v) is 6.61. The lowest BCUT2D eigenvalue weighted by Crippen LogP contribution is -2.40. The summed E-state index contributed by atoms with van der Waals surface area (Å²) in [5.74, 6) is 1.56. The van der Waals surface area contributed by atoms with Gasteiger partial charge in [-0.1, -0.05) is 62.2 Å². The molecule has 1 aliphatic carbocycles. The Morgan fingerprint density at radius 2 is 1.68 bits per heavy atom. The maximum Gasteiger partial charge on any atom is 0.407 e. The molecule has 2 aromatic rings. The Labute approximate surface area is 261 Å². The first-order valence-electron chi connectivity index (χ1n) is 14.9. The summed E-state index contributed by atoms with van der Waals surface area (Å²) in [5.41, 5.74) is 4.71. The number of hydrogen-bond acceptors (Lipinski definition) is 7. The fraction of sp³-hybridized carbons (Fsp3) is 0.545. The molecule has 2 aromatic carbocycles. The molecule has 11 nitrogen and oxygen atoms in total. The van der Waals surface area contributed by atoms with Gasteiger partial charge in [0.25, 0.3) is 6.47 Å². The topological polar surface area (TPSA) is 177 Å². The molecule has 0 spiro atoms. The van der Waals surface area contributed by atoms with Gasteiger partial charge in [0.15, 0.2) is 0 Å². The van der Waals surface area contributed by atoms with Gasteiger partial charge in [0.1, 0.15) is 11.9 Å². The van der Waals surface area contributed by atoms with Crippen molar-refractivity contribution in [1.29, 1.82) is 0 Å². The highest BCUT2D eigenvalue weighted by Gasteiger charge is 2.25. The molecule has 1 heterocycles. The molecule has 1 aliphatic heterocycles. The number of aldehydes is 1. The Balaban J connectivity index is 0.000000720. The van der Waals surface area contributed by atoms with E-state index in [2.05, 4.69) is 53.7 Å². The van der Waals surface area contributed by atoms with Crippen LogP contribution in [0.3, 0.4) is 0 Å². The molecule has 1 saturated carbocycles. The standard InChI is InChI=1S/C19H23NO3.C8H16N2O.C4H8.CH3NO.CH2O2/c1-19(2,3)23-18(22)20-16(11-12-21)13-15-9-6-8-14-7-4-5-10-17(14)15;1-6(9-2)5-7-3-4-10-8(7)11;1-4-2-3-4;2*2-1-3/h4-10,12,16H,11,13H2,1-3H3,(H,20,22);6-7,9H,3-5H2,1-2H3,(H,10,11);4H,2-3H2,1H3;1H,(H2,2,3);1H,(H,2,3). The maximum atomic E-state index is 11.9. The summed E-state index contributed by atoms with van der Waals surface area (Å²) in [6.45, 7) is 10.4. The van der Waals surface area contributed by atoms with Crippen LogP contribution in [0.4, 0.5) is 4.79 Å². The fourth-order valence-electron chi connectivity index (χ4n) is 4.10. The van der Waals surface area contributed by atoms with Crippen molar-refractivity contribution in [1.82, 2.24) is 16.0 Å². The van der Waals surface area contributed by atoms with Gasteiger partial charge in [-0.15, -0.1) is 0 Å². The van der Waals surface area contributed by atoms with Crippen LogP contribution >= 0.6 is 0 Å². The summed E-state index contributed by atoms with van der Waals surface area (Å²) in [4.78, 5) is 50.9. The number of nitrogens with one attached hydrogen (secondary N) is 3. The molecule has 246 valence electrons. The molecule has 0 radical (unpaired) electrons. The van der Waals surface area contributed by atoms with Gasteiger partial charge in [0.2, 0.25) is 12.3 Å². The van der Waals surface area contributed by atoms with Gasteiger partial charge >= 0.3 is 6.09 Å². The molecule has 44 heavy (non-hydrogen) atoms. The van der Waals surface area contributed by atoms with Crippen LogP contribution in [0, 0.1) is 11.8 Å². The van der Waals surface area contributed by atoms with E-state index in [9.17, 15) is 14.4 Å². The molecule has 3 amide bonds. The average Bonchev–Trinajstić information content (AvgIpc) is 3.64. The van der Waals surface area contributed by atoms with Crippen molar-refractivity contribution in [3.8, 4) is 0 Å². The molecule has 4 rings (SSSR count). The van der Waals surface area contributed by atoms with E-state index in [0.717, 1.165) is 47.9 Å². The summed E-state index contributed by atoms with van der Waals surface area (Å²) in [7, 11) is 1.93. The van der Waals surface area contributed by atoms with Gasteiger partial charge in [-0.05, 0) is 76.3 Å². The number of hydrogen-bond donors (Lipinski definition) is 5. The zero-order valence-corrected chi connectivity index (χ0v) is 27.0. The van der Waals surface area contributed by atoms with Gasteiger partial charge in [-0.25, -0.2) is 4.79 Å². The van der Waals surface area contributed by atoms with Crippen LogP contribution in [-0.2, 0) is 30.3 Å². The number of benzene rings is 2. The Kier molecular flexibility index (Phi) is 20.5. The van der Waals surface area contributed by atoms with E-state index < -0.39 is 11.7 Å². The minimum absolute atomic E-state index is 0.229. The highest BCUT2D eigenvalue weighted by Crippen LogP contribution is 2.26. The number of fused-ring (bicyclic) bond motifs is 1. The largest absolute Gasteiger partial charge is 0.483 e. The van der Waals surface area contributed by atoms with Crippen LogP contribution < -0.4 is 21.7 Å². The second-order valence-corrected chi connectivity index (χ2v) is 11.7. The van der Waals surface area contributed by atoms with Crippen LogP contribution in [0.1, 0.15) is 72.3 Å². The SMILES string of the molecule is CC(C)(C)OC(=O)NC(CC=O)Cc1cccc2ccccc12.CC1CC1.CNC(C)CC1CCNC1=O.NC=O.O=CO. The zero-order chi connectivity index (χ0) is 33.5. The highest BCUT2D eigenvalue weighted by atomic mass is 16.6. The Hall–Kier alpha value is -3.99. The van der Waals surface area contributed by atoms with Crippen molar-refractivity contribution in [3.63, 3.8) is 0 Å². The predicted octanol–water partition coefficient (Wildman–Crippen LogP) is 4.20. The Morgan fingerprint density at radius 3 is 2.16 bits per heavy atom. The summed E-state index contributed by atoms with van der Waals surface area (Å²) in [5, 5.41) is 17.9. The summed E-state index contributed by atoms with van der Waals surface area (Å²) < 4.78 is 5.27. The molecule has 0 aromatic heterocycles. The number of carbonyl (C=O) groups is 5. The monoisotopic (exact) mass is 616 g/mol. The molecule has 0 bridgehead atoms. The smallest absolute Gasteiger partial charge is 0.407 e. The number of amides is 3. The fourth-order valence-corrected chi connectivity index (χ4v) is 4.10. The number of ether oxygens (including phenoxy) is 1. The van der Waals surface area contributed by atoms with Crippen LogP contribution in [0.15, 0.2) is 42.5 Å². The first-order valence-corrected chi connectivity index (χ1v) is 14.9. The molecular formula is C33H52N4O7. The van der Waals surface area contributed by atoms with E-state index in [4.69, 9.17) is 19.4 Å². The summed E-state index contributed by atoms with van der Waals surface area (Å²) in [6, 6.07) is 14.3. The second-order valence-electron chi connectivity index (χ2n) is 11.7. The molecule has 3 atom stereocenters. The van der Waals surface area contributed by atoms with Crippen molar-refractivity contribution in [2.75, 3.05) is 13.6 Å². The highest BCUT2D eigenvalue weighted by molar-refractivity contribution is 5.85.